The van der Waals surface area contributed by atoms with Gasteiger partial charge < -0.3 is 12.4 Å². The van der Waals surface area contributed by atoms with Crippen LogP contribution in [0.1, 0.15) is 91.4 Å². The second-order valence-corrected chi connectivity index (χ2v) is 5.78. The summed E-state index contributed by atoms with van der Waals surface area (Å²) in [6.45, 7) is 6.48. The highest BCUT2D eigenvalue weighted by Gasteiger charge is 2.31. The van der Waals surface area contributed by atoms with Crippen molar-refractivity contribution in [3.63, 3.8) is 0 Å². The van der Waals surface area contributed by atoms with Gasteiger partial charge in [-0.15, -0.1) is 0 Å². The molecular formula is C16H36ClNO2. The van der Waals surface area contributed by atoms with Crippen LogP contribution in [-0.2, 0) is 0 Å². The van der Waals surface area contributed by atoms with E-state index < -0.39 is 4.81 Å². The number of rotatable bonds is 13. The van der Waals surface area contributed by atoms with E-state index in [0.717, 1.165) is 19.3 Å². The van der Waals surface area contributed by atoms with E-state index in [0.29, 0.717) is 6.54 Å². The summed E-state index contributed by atoms with van der Waals surface area (Å²) in [5.74, 6) is 0. The van der Waals surface area contributed by atoms with Crippen molar-refractivity contribution in [1.29, 1.82) is 0 Å². The van der Waals surface area contributed by atoms with Crippen LogP contribution in [0.25, 0.3) is 0 Å². The van der Waals surface area contributed by atoms with Crippen LogP contribution in [0.3, 0.4) is 0 Å². The molecule has 0 radical (unpaired) electrons. The molecule has 124 valence electrons. The fourth-order valence-electron chi connectivity index (χ4n) is 2.65. The molecule has 0 aliphatic heterocycles. The molecule has 1 unspecified atom stereocenters. The van der Waals surface area contributed by atoms with E-state index in [1.807, 2.05) is 13.8 Å². The minimum Gasteiger partial charge on any atom is -1.00 e. The first-order valence-corrected chi connectivity index (χ1v) is 8.41. The average molecular weight is 310 g/mol. The lowest BCUT2D eigenvalue weighted by Crippen LogP contribution is -3.00. The smallest absolute Gasteiger partial charge is 0.151 e. The summed E-state index contributed by atoms with van der Waals surface area (Å²) in [6, 6.07) is -0.0189. The second kappa shape index (κ2) is 14.1. The summed E-state index contributed by atoms with van der Waals surface area (Å²) < 4.78 is 0. The first kappa shape index (κ1) is 22.5. The molecule has 20 heavy (non-hydrogen) atoms. The Morgan fingerprint density at radius 2 is 1.20 bits per heavy atom. The van der Waals surface area contributed by atoms with Crippen LogP contribution >= 0.6 is 0 Å². The Kier molecular flexibility index (Phi) is 15.9. The Morgan fingerprint density at radius 3 is 1.60 bits per heavy atom. The molecule has 0 saturated carbocycles. The van der Waals surface area contributed by atoms with Crippen LogP contribution in [-0.4, -0.2) is 27.8 Å². The van der Waals surface area contributed by atoms with Crippen LogP contribution < -0.4 is 12.4 Å². The molecule has 2 N–H and O–H groups in total. The summed E-state index contributed by atoms with van der Waals surface area (Å²) in [5.41, 5.74) is 0. The number of quaternary nitrogens is 1. The SMILES string of the molecule is CCCCCCCCCCCC(CC)[N+](O)(O)CC.[Cl-]. The minimum atomic E-state index is -0.798. The number of nitrogens with zero attached hydrogens (tertiary/aromatic N) is 1. The first-order chi connectivity index (χ1) is 9.08. The molecule has 0 rings (SSSR count). The molecule has 0 heterocycles. The van der Waals surface area contributed by atoms with Gasteiger partial charge in [0.2, 0.25) is 0 Å². The van der Waals surface area contributed by atoms with Gasteiger partial charge in [-0.2, -0.15) is 10.4 Å². The second-order valence-electron chi connectivity index (χ2n) is 5.78. The van der Waals surface area contributed by atoms with Crippen molar-refractivity contribution in [2.45, 2.75) is 97.4 Å². The molecule has 0 fully saturated rings. The highest BCUT2D eigenvalue weighted by molar-refractivity contribution is 4.55. The lowest BCUT2D eigenvalue weighted by molar-refractivity contribution is -1.26. The number of hydrogen-bond acceptors (Lipinski definition) is 2. The van der Waals surface area contributed by atoms with Crippen LogP contribution in [0.5, 0.6) is 0 Å². The maximum absolute atomic E-state index is 9.80. The standard InChI is InChI=1S/C16H36NO2.ClH/c1-4-7-8-9-10-11-12-13-14-15-16(5-2)17(18,19)6-3;/h16,18-19H,4-15H2,1-3H3;1H/q+1;/p-1. The van der Waals surface area contributed by atoms with Crippen molar-refractivity contribution in [2.75, 3.05) is 6.54 Å². The van der Waals surface area contributed by atoms with Gasteiger partial charge >= 0.3 is 0 Å². The van der Waals surface area contributed by atoms with Gasteiger partial charge in [0.1, 0.15) is 6.54 Å². The van der Waals surface area contributed by atoms with Gasteiger partial charge in [0.15, 0.2) is 6.04 Å². The van der Waals surface area contributed by atoms with Crippen LogP contribution in [0.4, 0.5) is 0 Å². The van der Waals surface area contributed by atoms with E-state index in [1.165, 1.54) is 51.4 Å². The van der Waals surface area contributed by atoms with Gasteiger partial charge in [-0.05, 0) is 18.2 Å². The van der Waals surface area contributed by atoms with Gasteiger partial charge in [0, 0.05) is 12.8 Å². The van der Waals surface area contributed by atoms with Crippen LogP contribution in [0.15, 0.2) is 0 Å². The number of halogens is 1. The van der Waals surface area contributed by atoms with Crippen molar-refractivity contribution >= 4 is 0 Å². The third kappa shape index (κ3) is 10.9. The summed E-state index contributed by atoms with van der Waals surface area (Å²) in [6.07, 6.45) is 13.6. The topological polar surface area (TPSA) is 40.5 Å². The zero-order valence-corrected chi connectivity index (χ0v) is 14.5. The zero-order chi connectivity index (χ0) is 14.6. The zero-order valence-electron chi connectivity index (χ0n) is 13.8. The summed E-state index contributed by atoms with van der Waals surface area (Å²) in [4.78, 5) is -0.798. The van der Waals surface area contributed by atoms with Gasteiger partial charge in [-0.3, -0.25) is 0 Å². The van der Waals surface area contributed by atoms with E-state index in [2.05, 4.69) is 6.92 Å². The average Bonchev–Trinajstić information content (AvgIpc) is 2.41. The van der Waals surface area contributed by atoms with Crippen molar-refractivity contribution in [2.24, 2.45) is 0 Å². The monoisotopic (exact) mass is 309 g/mol. The predicted molar refractivity (Wildman–Crippen MR) is 80.3 cm³/mol. The first-order valence-electron chi connectivity index (χ1n) is 8.41. The van der Waals surface area contributed by atoms with Gasteiger partial charge in [-0.1, -0.05) is 65.2 Å². The van der Waals surface area contributed by atoms with E-state index in [-0.39, 0.29) is 18.4 Å². The predicted octanol–water partition coefficient (Wildman–Crippen LogP) is 2.30. The van der Waals surface area contributed by atoms with E-state index >= 15 is 0 Å². The lowest BCUT2D eigenvalue weighted by Gasteiger charge is -2.28. The largest absolute Gasteiger partial charge is 1.00 e. The quantitative estimate of drug-likeness (QED) is 0.311. The Morgan fingerprint density at radius 1 is 0.750 bits per heavy atom. The molecule has 0 aliphatic carbocycles. The third-order valence-electron chi connectivity index (χ3n) is 4.16. The van der Waals surface area contributed by atoms with Crippen molar-refractivity contribution in [3.8, 4) is 0 Å². The fraction of sp³-hybridized carbons (Fsp3) is 1.00. The molecule has 4 heteroatoms. The highest BCUT2D eigenvalue weighted by atomic mass is 35.5. The van der Waals surface area contributed by atoms with Crippen molar-refractivity contribution < 1.29 is 27.6 Å². The molecule has 0 spiro atoms. The lowest BCUT2D eigenvalue weighted by atomic mass is 10.0. The fourth-order valence-corrected chi connectivity index (χ4v) is 2.65. The van der Waals surface area contributed by atoms with E-state index in [9.17, 15) is 10.4 Å². The third-order valence-corrected chi connectivity index (χ3v) is 4.16. The Bertz CT molecular complexity index is 201. The Labute approximate surface area is 132 Å². The molecule has 0 aromatic rings. The van der Waals surface area contributed by atoms with E-state index in [4.69, 9.17) is 0 Å². The summed E-state index contributed by atoms with van der Waals surface area (Å²) in [7, 11) is 0. The molecule has 0 saturated heterocycles. The number of hydrogen-bond donors (Lipinski definition) is 2. The molecule has 0 aromatic heterocycles. The number of unbranched alkanes of at least 4 members (excludes halogenated alkanes) is 8. The molecule has 0 aliphatic rings. The molecule has 0 amide bonds. The molecule has 0 bridgehead atoms. The van der Waals surface area contributed by atoms with Crippen molar-refractivity contribution in [3.05, 3.63) is 0 Å². The number of hydroxylamine groups is 4. The van der Waals surface area contributed by atoms with Crippen LogP contribution in [0, 0.1) is 0 Å². The summed E-state index contributed by atoms with van der Waals surface area (Å²) >= 11 is 0. The summed E-state index contributed by atoms with van der Waals surface area (Å²) in [5, 5.41) is 19.6. The highest BCUT2D eigenvalue weighted by Crippen LogP contribution is 2.18. The molecular weight excluding hydrogens is 274 g/mol. The van der Waals surface area contributed by atoms with Crippen LogP contribution in [0.2, 0.25) is 0 Å². The van der Waals surface area contributed by atoms with Crippen molar-refractivity contribution in [1.82, 2.24) is 0 Å². The molecule has 0 aromatic carbocycles. The van der Waals surface area contributed by atoms with E-state index in [1.54, 1.807) is 0 Å². The molecule has 3 nitrogen and oxygen atoms in total. The van der Waals surface area contributed by atoms with Gasteiger partial charge in [0.25, 0.3) is 0 Å². The maximum atomic E-state index is 9.80. The Hall–Kier alpha value is 0.170. The van der Waals surface area contributed by atoms with Gasteiger partial charge in [-0.25, -0.2) is 0 Å². The Balaban J connectivity index is 0. The maximum Gasteiger partial charge on any atom is 0.151 e. The minimum absolute atomic E-state index is 0. The normalized spacial score (nSPS) is 13.1. The van der Waals surface area contributed by atoms with Gasteiger partial charge in [0.05, 0.1) is 0 Å². The molecule has 1 atom stereocenters.